The number of hydrogen-bond donors (Lipinski definition) is 1. The topological polar surface area (TPSA) is 77.6 Å². The molecule has 2 aromatic carbocycles. The van der Waals surface area contributed by atoms with E-state index in [9.17, 15) is 9.59 Å². The maximum atomic E-state index is 13.4. The molecule has 0 unspecified atom stereocenters. The van der Waals surface area contributed by atoms with E-state index in [0.29, 0.717) is 45.8 Å². The fraction of sp³-hybridized carbons (Fsp3) is 0.304. The van der Waals surface area contributed by atoms with E-state index in [1.807, 2.05) is 13.8 Å². The Balaban J connectivity index is 2.25. The first-order valence-electron chi connectivity index (χ1n) is 9.39. The number of pyridine rings is 1. The predicted octanol–water partition coefficient (Wildman–Crippen LogP) is 3.98. The molecule has 0 aliphatic rings. The Morgan fingerprint density at radius 3 is 2.14 bits per heavy atom. The minimum atomic E-state index is -0.323. The van der Waals surface area contributed by atoms with Gasteiger partial charge in [0.1, 0.15) is 5.75 Å². The van der Waals surface area contributed by atoms with Crippen molar-refractivity contribution in [2.45, 2.75) is 20.3 Å². The number of benzene rings is 2. The van der Waals surface area contributed by atoms with Crippen LogP contribution in [0.5, 0.6) is 17.2 Å². The van der Waals surface area contributed by atoms with E-state index in [2.05, 4.69) is 4.98 Å². The van der Waals surface area contributed by atoms with Crippen LogP contribution in [0.15, 0.2) is 41.2 Å². The van der Waals surface area contributed by atoms with Crippen molar-refractivity contribution in [1.82, 2.24) is 4.98 Å². The molecule has 0 saturated heterocycles. The normalized spacial score (nSPS) is 11.0. The number of ketones is 1. The van der Waals surface area contributed by atoms with Gasteiger partial charge < -0.3 is 19.2 Å². The van der Waals surface area contributed by atoms with Crippen LogP contribution in [0, 0.1) is 5.92 Å². The summed E-state index contributed by atoms with van der Waals surface area (Å²) in [4.78, 5) is 29.9. The molecule has 0 aliphatic heterocycles. The van der Waals surface area contributed by atoms with Gasteiger partial charge in [0.15, 0.2) is 17.3 Å². The summed E-state index contributed by atoms with van der Waals surface area (Å²) in [6, 6.07) is 10.1. The number of aromatic nitrogens is 1. The number of hydrogen-bond acceptors (Lipinski definition) is 5. The standard InChI is InChI=1S/C23H25NO5/c1-13(2)10-18-21(22(25)14-6-8-15(27-3)9-7-14)23(26)16-11-19(28-4)20(29-5)12-17(16)24-18/h6-9,11-13H,10H2,1-5H3,(H,24,26). The van der Waals surface area contributed by atoms with Crippen molar-refractivity contribution in [1.29, 1.82) is 0 Å². The van der Waals surface area contributed by atoms with Crippen molar-refractivity contribution in [3.8, 4) is 17.2 Å². The molecule has 3 aromatic rings. The van der Waals surface area contributed by atoms with Gasteiger partial charge in [-0.1, -0.05) is 13.8 Å². The van der Waals surface area contributed by atoms with Gasteiger partial charge >= 0.3 is 0 Å². The molecule has 0 saturated carbocycles. The van der Waals surface area contributed by atoms with Crippen molar-refractivity contribution < 1.29 is 19.0 Å². The van der Waals surface area contributed by atoms with Crippen LogP contribution in [0.2, 0.25) is 0 Å². The molecule has 0 fully saturated rings. The van der Waals surface area contributed by atoms with Crippen LogP contribution in [0.4, 0.5) is 0 Å². The van der Waals surface area contributed by atoms with Crippen molar-refractivity contribution in [2.75, 3.05) is 21.3 Å². The number of fused-ring (bicyclic) bond motifs is 1. The summed E-state index contributed by atoms with van der Waals surface area (Å²) in [5.74, 6) is 1.53. The van der Waals surface area contributed by atoms with Crippen molar-refractivity contribution >= 4 is 16.7 Å². The van der Waals surface area contributed by atoms with Crippen LogP contribution in [0.1, 0.15) is 35.5 Å². The lowest BCUT2D eigenvalue weighted by Crippen LogP contribution is -2.22. The minimum Gasteiger partial charge on any atom is -0.497 e. The maximum Gasteiger partial charge on any atom is 0.200 e. The first-order valence-corrected chi connectivity index (χ1v) is 9.39. The molecule has 29 heavy (non-hydrogen) atoms. The molecule has 1 heterocycles. The second-order valence-electron chi connectivity index (χ2n) is 7.22. The fourth-order valence-corrected chi connectivity index (χ4v) is 3.36. The minimum absolute atomic E-state index is 0.156. The summed E-state index contributed by atoms with van der Waals surface area (Å²) in [6.45, 7) is 4.08. The number of ether oxygens (including phenoxy) is 3. The molecule has 3 rings (SSSR count). The monoisotopic (exact) mass is 395 g/mol. The second-order valence-corrected chi connectivity index (χ2v) is 7.22. The number of methoxy groups -OCH3 is 3. The SMILES string of the molecule is COc1ccc(C(=O)c2c(CC(C)C)[nH]c3cc(OC)c(OC)cc3c2=O)cc1. The summed E-state index contributed by atoms with van der Waals surface area (Å²) < 4.78 is 15.8. The maximum absolute atomic E-state index is 13.4. The van der Waals surface area contributed by atoms with Crippen LogP contribution >= 0.6 is 0 Å². The molecule has 0 spiro atoms. The molecule has 0 bridgehead atoms. The van der Waals surface area contributed by atoms with Gasteiger partial charge in [-0.15, -0.1) is 0 Å². The highest BCUT2D eigenvalue weighted by molar-refractivity contribution is 6.11. The molecule has 1 N–H and O–H groups in total. The average molecular weight is 395 g/mol. The molecule has 0 radical (unpaired) electrons. The zero-order valence-corrected chi connectivity index (χ0v) is 17.3. The highest BCUT2D eigenvalue weighted by atomic mass is 16.5. The van der Waals surface area contributed by atoms with E-state index in [4.69, 9.17) is 14.2 Å². The average Bonchev–Trinajstić information content (AvgIpc) is 2.72. The first-order chi connectivity index (χ1) is 13.9. The smallest absolute Gasteiger partial charge is 0.200 e. The van der Waals surface area contributed by atoms with Crippen LogP contribution < -0.4 is 19.6 Å². The Bertz CT molecular complexity index is 1100. The summed E-state index contributed by atoms with van der Waals surface area (Å²) >= 11 is 0. The van der Waals surface area contributed by atoms with Gasteiger partial charge in [0, 0.05) is 17.3 Å². The Hall–Kier alpha value is -3.28. The van der Waals surface area contributed by atoms with Gasteiger partial charge in [-0.3, -0.25) is 9.59 Å². The molecular weight excluding hydrogens is 370 g/mol. The van der Waals surface area contributed by atoms with Gasteiger partial charge in [-0.2, -0.15) is 0 Å². The molecule has 1 aromatic heterocycles. The van der Waals surface area contributed by atoms with Crippen LogP contribution in [0.3, 0.4) is 0 Å². The Kier molecular flexibility index (Phi) is 5.92. The summed E-state index contributed by atoms with van der Waals surface area (Å²) in [5, 5.41) is 0.381. The lowest BCUT2D eigenvalue weighted by atomic mass is 9.95. The third-order valence-electron chi connectivity index (χ3n) is 4.77. The second kappa shape index (κ2) is 8.39. The Labute approximate surface area is 169 Å². The predicted molar refractivity (Wildman–Crippen MR) is 113 cm³/mol. The zero-order chi connectivity index (χ0) is 21.1. The molecule has 6 heteroatoms. The third kappa shape index (κ3) is 3.97. The molecular formula is C23H25NO5. The van der Waals surface area contributed by atoms with Gasteiger partial charge in [-0.05, 0) is 42.7 Å². The van der Waals surface area contributed by atoms with Crippen molar-refractivity contribution in [3.05, 3.63) is 63.4 Å². The van der Waals surface area contributed by atoms with Crippen molar-refractivity contribution in [3.63, 3.8) is 0 Å². The molecule has 0 aliphatic carbocycles. The lowest BCUT2D eigenvalue weighted by Gasteiger charge is -2.15. The van der Waals surface area contributed by atoms with E-state index in [1.165, 1.54) is 7.11 Å². The van der Waals surface area contributed by atoms with Crippen LogP contribution in [-0.2, 0) is 6.42 Å². The van der Waals surface area contributed by atoms with E-state index in [0.717, 1.165) is 0 Å². The summed E-state index contributed by atoms with van der Waals surface area (Å²) in [7, 11) is 4.61. The first kappa shape index (κ1) is 20.5. The van der Waals surface area contributed by atoms with Crippen molar-refractivity contribution in [2.24, 2.45) is 5.92 Å². The lowest BCUT2D eigenvalue weighted by molar-refractivity contribution is 0.103. The molecule has 0 atom stereocenters. The van der Waals surface area contributed by atoms with Crippen LogP contribution in [0.25, 0.3) is 10.9 Å². The molecule has 152 valence electrons. The summed E-state index contributed by atoms with van der Waals surface area (Å²) in [5.41, 5.74) is 1.49. The van der Waals surface area contributed by atoms with Gasteiger partial charge in [-0.25, -0.2) is 0 Å². The van der Waals surface area contributed by atoms with E-state index < -0.39 is 0 Å². The number of rotatable bonds is 7. The Morgan fingerprint density at radius 2 is 1.59 bits per heavy atom. The fourth-order valence-electron chi connectivity index (χ4n) is 3.36. The largest absolute Gasteiger partial charge is 0.497 e. The molecule has 6 nitrogen and oxygen atoms in total. The highest BCUT2D eigenvalue weighted by Gasteiger charge is 2.22. The van der Waals surface area contributed by atoms with E-state index in [1.54, 1.807) is 50.6 Å². The van der Waals surface area contributed by atoms with Gasteiger partial charge in [0.05, 0.1) is 37.8 Å². The zero-order valence-electron chi connectivity index (χ0n) is 17.3. The number of H-pyrrole nitrogens is 1. The van der Waals surface area contributed by atoms with Crippen LogP contribution in [-0.4, -0.2) is 32.1 Å². The van der Waals surface area contributed by atoms with E-state index in [-0.39, 0.29) is 22.7 Å². The third-order valence-corrected chi connectivity index (χ3v) is 4.77. The van der Waals surface area contributed by atoms with Gasteiger partial charge in [0.25, 0.3) is 0 Å². The Morgan fingerprint density at radius 1 is 0.966 bits per heavy atom. The van der Waals surface area contributed by atoms with E-state index >= 15 is 0 Å². The number of carbonyl (C=O) groups is 1. The summed E-state index contributed by atoms with van der Waals surface area (Å²) in [6.07, 6.45) is 0.566. The number of aromatic amines is 1. The highest BCUT2D eigenvalue weighted by Crippen LogP contribution is 2.31. The van der Waals surface area contributed by atoms with Gasteiger partial charge in [0.2, 0.25) is 5.43 Å². The quantitative estimate of drug-likeness (QED) is 0.612. The number of carbonyl (C=O) groups excluding carboxylic acids is 1. The molecule has 0 amide bonds. The number of nitrogens with one attached hydrogen (secondary N) is 1.